The number of hydrogen-bond donors (Lipinski definition) is 1. The van der Waals surface area contributed by atoms with Gasteiger partial charge in [-0.05, 0) is 45.4 Å². The SMILES string of the molecule is Cc1cc(C)cc(CSCC(=O)Nc2c(C)nn(-c3ccccc3)c2C)c1. The Balaban J connectivity index is 1.62. The highest BCUT2D eigenvalue weighted by atomic mass is 32.2. The van der Waals surface area contributed by atoms with Crippen LogP contribution in [-0.2, 0) is 10.5 Å². The Labute approximate surface area is 165 Å². The molecule has 1 heterocycles. The van der Waals surface area contributed by atoms with Crippen molar-refractivity contribution in [1.29, 1.82) is 0 Å². The molecule has 4 nitrogen and oxygen atoms in total. The third kappa shape index (κ3) is 4.80. The summed E-state index contributed by atoms with van der Waals surface area (Å²) < 4.78 is 1.87. The average Bonchev–Trinajstić information content (AvgIpc) is 2.90. The van der Waals surface area contributed by atoms with Crippen molar-refractivity contribution in [3.05, 3.63) is 76.6 Å². The van der Waals surface area contributed by atoms with Gasteiger partial charge in [0, 0.05) is 5.75 Å². The molecule has 0 radical (unpaired) electrons. The molecule has 0 bridgehead atoms. The number of benzene rings is 2. The van der Waals surface area contributed by atoms with E-state index in [0.29, 0.717) is 5.75 Å². The van der Waals surface area contributed by atoms with Gasteiger partial charge in [0.15, 0.2) is 0 Å². The second-order valence-electron chi connectivity index (χ2n) is 6.83. The van der Waals surface area contributed by atoms with E-state index in [1.807, 2.05) is 48.9 Å². The predicted molar refractivity (Wildman–Crippen MR) is 114 cm³/mol. The topological polar surface area (TPSA) is 46.9 Å². The lowest BCUT2D eigenvalue weighted by Crippen LogP contribution is -2.15. The maximum absolute atomic E-state index is 12.4. The van der Waals surface area contributed by atoms with Crippen LogP contribution in [0, 0.1) is 27.7 Å². The van der Waals surface area contributed by atoms with Crippen molar-refractivity contribution in [3.8, 4) is 5.69 Å². The van der Waals surface area contributed by atoms with Crippen molar-refractivity contribution in [2.24, 2.45) is 0 Å². The second kappa shape index (κ2) is 8.44. The lowest BCUT2D eigenvalue weighted by Gasteiger charge is -2.08. The number of nitrogens with zero attached hydrogens (tertiary/aromatic N) is 2. The molecule has 0 aliphatic rings. The molecular formula is C22H25N3OS. The monoisotopic (exact) mass is 379 g/mol. The summed E-state index contributed by atoms with van der Waals surface area (Å²) in [4.78, 5) is 12.4. The molecule has 27 heavy (non-hydrogen) atoms. The summed E-state index contributed by atoms with van der Waals surface area (Å²) in [6, 6.07) is 16.5. The maximum atomic E-state index is 12.4. The van der Waals surface area contributed by atoms with Gasteiger partial charge >= 0.3 is 0 Å². The fourth-order valence-corrected chi connectivity index (χ4v) is 4.00. The fourth-order valence-electron chi connectivity index (χ4n) is 3.23. The molecule has 1 amide bonds. The molecular weight excluding hydrogens is 354 g/mol. The molecule has 0 saturated heterocycles. The van der Waals surface area contributed by atoms with Crippen molar-refractivity contribution in [2.75, 3.05) is 11.1 Å². The summed E-state index contributed by atoms with van der Waals surface area (Å²) in [5.74, 6) is 1.25. The number of anilines is 1. The zero-order valence-electron chi connectivity index (χ0n) is 16.2. The number of nitrogens with one attached hydrogen (secondary N) is 1. The van der Waals surface area contributed by atoms with Crippen molar-refractivity contribution < 1.29 is 4.79 Å². The molecule has 0 aliphatic heterocycles. The largest absolute Gasteiger partial charge is 0.322 e. The first-order chi connectivity index (χ1) is 12.9. The fraction of sp³-hybridized carbons (Fsp3) is 0.273. The number of hydrogen-bond acceptors (Lipinski definition) is 3. The Kier molecular flexibility index (Phi) is 6.01. The Morgan fingerprint density at radius 1 is 1.04 bits per heavy atom. The van der Waals surface area contributed by atoms with Gasteiger partial charge in [-0.3, -0.25) is 4.79 Å². The number of para-hydroxylation sites is 1. The van der Waals surface area contributed by atoms with Crippen LogP contribution in [0.4, 0.5) is 5.69 Å². The van der Waals surface area contributed by atoms with E-state index in [2.05, 4.69) is 42.5 Å². The third-order valence-corrected chi connectivity index (χ3v) is 5.34. The first-order valence-electron chi connectivity index (χ1n) is 9.00. The number of thioether (sulfide) groups is 1. The molecule has 0 spiro atoms. The number of carbonyl (C=O) groups excluding carboxylic acids is 1. The van der Waals surface area contributed by atoms with E-state index in [0.717, 1.165) is 28.5 Å². The number of carbonyl (C=O) groups is 1. The van der Waals surface area contributed by atoms with E-state index >= 15 is 0 Å². The van der Waals surface area contributed by atoms with Crippen LogP contribution in [0.2, 0.25) is 0 Å². The van der Waals surface area contributed by atoms with Gasteiger partial charge in [0.25, 0.3) is 0 Å². The lowest BCUT2D eigenvalue weighted by atomic mass is 10.1. The predicted octanol–water partition coefficient (Wildman–Crippen LogP) is 4.98. The van der Waals surface area contributed by atoms with Gasteiger partial charge in [0.1, 0.15) is 0 Å². The van der Waals surface area contributed by atoms with Crippen molar-refractivity contribution >= 4 is 23.4 Å². The van der Waals surface area contributed by atoms with Crippen LogP contribution < -0.4 is 5.32 Å². The molecule has 0 aliphatic carbocycles. The molecule has 0 fully saturated rings. The highest BCUT2D eigenvalue weighted by Gasteiger charge is 2.15. The zero-order valence-corrected chi connectivity index (χ0v) is 17.1. The van der Waals surface area contributed by atoms with E-state index in [-0.39, 0.29) is 5.91 Å². The molecule has 1 aromatic heterocycles. The summed E-state index contributed by atoms with van der Waals surface area (Å²) in [5.41, 5.74) is 7.33. The standard InChI is InChI=1S/C22H25N3OS/c1-15-10-16(2)12-19(11-15)13-27-14-21(26)23-22-17(3)24-25(18(22)4)20-8-6-5-7-9-20/h5-12H,13-14H2,1-4H3,(H,23,26). The molecule has 1 N–H and O–H groups in total. The maximum Gasteiger partial charge on any atom is 0.234 e. The number of rotatable bonds is 6. The van der Waals surface area contributed by atoms with Gasteiger partial charge in [-0.1, -0.05) is 47.5 Å². The van der Waals surface area contributed by atoms with Gasteiger partial charge < -0.3 is 5.32 Å². The van der Waals surface area contributed by atoms with Gasteiger partial charge in [-0.2, -0.15) is 5.10 Å². The van der Waals surface area contributed by atoms with Gasteiger partial charge in [-0.25, -0.2) is 4.68 Å². The summed E-state index contributed by atoms with van der Waals surface area (Å²) in [6.45, 7) is 8.10. The number of aryl methyl sites for hydroxylation is 3. The molecule has 140 valence electrons. The average molecular weight is 380 g/mol. The highest BCUT2D eigenvalue weighted by molar-refractivity contribution is 7.99. The van der Waals surface area contributed by atoms with Crippen LogP contribution in [0.15, 0.2) is 48.5 Å². The van der Waals surface area contributed by atoms with Crippen LogP contribution in [0.3, 0.4) is 0 Å². The summed E-state index contributed by atoms with van der Waals surface area (Å²) in [5, 5.41) is 7.61. The van der Waals surface area contributed by atoms with E-state index < -0.39 is 0 Å². The van der Waals surface area contributed by atoms with E-state index in [4.69, 9.17) is 0 Å². The van der Waals surface area contributed by atoms with E-state index in [9.17, 15) is 4.79 Å². The minimum Gasteiger partial charge on any atom is -0.322 e. The molecule has 3 rings (SSSR count). The van der Waals surface area contributed by atoms with Crippen molar-refractivity contribution in [1.82, 2.24) is 9.78 Å². The Hall–Kier alpha value is -2.53. The molecule has 2 aromatic carbocycles. The minimum absolute atomic E-state index is 0.00295. The minimum atomic E-state index is 0.00295. The lowest BCUT2D eigenvalue weighted by molar-refractivity contribution is -0.113. The molecule has 0 unspecified atom stereocenters. The first-order valence-corrected chi connectivity index (χ1v) is 10.2. The quantitative estimate of drug-likeness (QED) is 0.657. The third-order valence-electron chi connectivity index (χ3n) is 4.34. The van der Waals surface area contributed by atoms with Crippen LogP contribution in [0.1, 0.15) is 28.1 Å². The normalized spacial score (nSPS) is 10.8. The van der Waals surface area contributed by atoms with Gasteiger partial charge in [0.2, 0.25) is 5.91 Å². The highest BCUT2D eigenvalue weighted by Crippen LogP contribution is 2.23. The molecule has 3 aromatic rings. The second-order valence-corrected chi connectivity index (χ2v) is 7.82. The molecule has 0 saturated carbocycles. The summed E-state index contributed by atoms with van der Waals surface area (Å²) in [7, 11) is 0. The van der Waals surface area contributed by atoms with Gasteiger partial charge in [-0.15, -0.1) is 11.8 Å². The van der Waals surface area contributed by atoms with Crippen LogP contribution in [0.5, 0.6) is 0 Å². The van der Waals surface area contributed by atoms with Crippen molar-refractivity contribution in [3.63, 3.8) is 0 Å². The van der Waals surface area contributed by atoms with E-state index in [1.165, 1.54) is 16.7 Å². The van der Waals surface area contributed by atoms with Crippen LogP contribution in [-0.4, -0.2) is 21.4 Å². The van der Waals surface area contributed by atoms with Crippen molar-refractivity contribution in [2.45, 2.75) is 33.4 Å². The first kappa shape index (κ1) is 19.2. The molecule has 0 atom stereocenters. The summed E-state index contributed by atoms with van der Waals surface area (Å²) >= 11 is 1.63. The van der Waals surface area contributed by atoms with Crippen LogP contribution >= 0.6 is 11.8 Å². The zero-order chi connectivity index (χ0) is 19.4. The molecule has 5 heteroatoms. The smallest absolute Gasteiger partial charge is 0.234 e. The Bertz CT molecular complexity index is 927. The number of amides is 1. The number of aromatic nitrogens is 2. The van der Waals surface area contributed by atoms with E-state index in [1.54, 1.807) is 11.8 Å². The summed E-state index contributed by atoms with van der Waals surface area (Å²) in [6.07, 6.45) is 0. The Morgan fingerprint density at radius 3 is 2.37 bits per heavy atom. The van der Waals surface area contributed by atoms with Crippen LogP contribution in [0.25, 0.3) is 5.69 Å². The van der Waals surface area contributed by atoms with Gasteiger partial charge in [0.05, 0.1) is 28.5 Å². The Morgan fingerprint density at radius 2 is 1.70 bits per heavy atom.